The van der Waals surface area contributed by atoms with E-state index >= 15 is 0 Å². The number of carbonyl (C=O) groups excluding carboxylic acids is 2. The van der Waals surface area contributed by atoms with E-state index in [9.17, 15) is 9.59 Å². The number of halogens is 1. The van der Waals surface area contributed by atoms with Crippen LogP contribution in [0.1, 0.15) is 48.0 Å². The molecule has 0 atom stereocenters. The molecule has 0 aromatic heterocycles. The first-order valence-corrected chi connectivity index (χ1v) is 10.1. The van der Waals surface area contributed by atoms with Crippen molar-refractivity contribution in [3.8, 4) is 0 Å². The van der Waals surface area contributed by atoms with Crippen molar-refractivity contribution >= 4 is 24.4 Å². The van der Waals surface area contributed by atoms with Crippen molar-refractivity contribution < 1.29 is 14.3 Å². The van der Waals surface area contributed by atoms with Crippen LogP contribution in [0.4, 0.5) is 4.79 Å². The van der Waals surface area contributed by atoms with E-state index in [0.717, 1.165) is 31.7 Å². The zero-order valence-corrected chi connectivity index (χ0v) is 17.4. The number of urea groups is 1. The lowest BCUT2D eigenvalue weighted by atomic mass is 9.84. The van der Waals surface area contributed by atoms with Gasteiger partial charge in [0.15, 0.2) is 0 Å². The van der Waals surface area contributed by atoms with E-state index in [2.05, 4.69) is 4.90 Å². The molecule has 3 aliphatic heterocycles. The third kappa shape index (κ3) is 3.98. The molecule has 0 unspecified atom stereocenters. The number of fused-ring (bicyclic) bond motifs is 2. The van der Waals surface area contributed by atoms with Gasteiger partial charge in [-0.3, -0.25) is 0 Å². The Labute approximate surface area is 173 Å². The van der Waals surface area contributed by atoms with Crippen molar-refractivity contribution in [2.45, 2.75) is 37.7 Å². The highest BCUT2D eigenvalue weighted by Crippen LogP contribution is 2.44. The predicted molar refractivity (Wildman–Crippen MR) is 110 cm³/mol. The maximum Gasteiger partial charge on any atom is 0.339 e. The lowest BCUT2D eigenvalue weighted by molar-refractivity contribution is -0.0384. The topological polar surface area (TPSA) is 53.1 Å². The number of amides is 2. The number of hydrogen-bond donors (Lipinski definition) is 0. The van der Waals surface area contributed by atoms with Crippen LogP contribution in [0.2, 0.25) is 0 Å². The van der Waals surface area contributed by atoms with Crippen molar-refractivity contribution in [1.29, 1.82) is 0 Å². The zero-order chi connectivity index (χ0) is 18.9. The molecule has 1 aromatic carbocycles. The third-order valence-electron chi connectivity index (χ3n) is 6.29. The summed E-state index contributed by atoms with van der Waals surface area (Å²) in [6.45, 7) is 5.25. The number of hydrogen-bond acceptors (Lipinski definition) is 4. The summed E-state index contributed by atoms with van der Waals surface area (Å²) in [6.07, 6.45) is 5.20. The van der Waals surface area contributed by atoms with Gasteiger partial charge in [-0.05, 0) is 32.0 Å². The molecule has 0 N–H and O–H groups in total. The summed E-state index contributed by atoms with van der Waals surface area (Å²) in [5, 5.41) is 0. The summed E-state index contributed by atoms with van der Waals surface area (Å²) >= 11 is 0. The van der Waals surface area contributed by atoms with Gasteiger partial charge in [-0.1, -0.05) is 24.6 Å². The van der Waals surface area contributed by atoms with Gasteiger partial charge in [0, 0.05) is 51.6 Å². The van der Waals surface area contributed by atoms with Crippen LogP contribution in [0.15, 0.2) is 24.3 Å². The first kappa shape index (κ1) is 20.9. The number of piperidine rings is 2. The average Bonchev–Trinajstić information content (AvgIpc) is 2.99. The van der Waals surface area contributed by atoms with Crippen LogP contribution in [0.5, 0.6) is 0 Å². The highest BCUT2D eigenvalue weighted by Gasteiger charge is 2.47. The van der Waals surface area contributed by atoms with Gasteiger partial charge in [0.05, 0.1) is 5.56 Å². The molecule has 1 spiro atoms. The first-order chi connectivity index (χ1) is 13.1. The molecular formula is C21H30ClN3O3. The molecular weight excluding hydrogens is 378 g/mol. The van der Waals surface area contributed by atoms with Gasteiger partial charge in [-0.15, -0.1) is 12.4 Å². The quantitative estimate of drug-likeness (QED) is 0.722. The highest BCUT2D eigenvalue weighted by atomic mass is 35.5. The van der Waals surface area contributed by atoms with Crippen LogP contribution in [0.25, 0.3) is 0 Å². The van der Waals surface area contributed by atoms with E-state index in [4.69, 9.17) is 4.74 Å². The Morgan fingerprint density at radius 3 is 2.50 bits per heavy atom. The first-order valence-electron chi connectivity index (χ1n) is 10.1. The van der Waals surface area contributed by atoms with Gasteiger partial charge in [0.1, 0.15) is 5.60 Å². The van der Waals surface area contributed by atoms with E-state index in [0.29, 0.717) is 31.5 Å². The molecule has 0 radical (unpaired) electrons. The molecule has 0 bridgehead atoms. The Bertz CT molecular complexity index is 713. The number of rotatable bonds is 3. The fourth-order valence-corrected chi connectivity index (χ4v) is 4.59. The number of likely N-dealkylation sites (tertiary alicyclic amines) is 2. The molecule has 0 aliphatic carbocycles. The van der Waals surface area contributed by atoms with E-state index in [1.807, 2.05) is 41.1 Å². The maximum atomic E-state index is 12.8. The maximum absolute atomic E-state index is 12.8. The largest absolute Gasteiger partial charge is 0.450 e. The zero-order valence-electron chi connectivity index (χ0n) is 16.6. The molecule has 4 rings (SSSR count). The number of likely N-dealkylation sites (N-methyl/N-ethyl adjacent to an activating group) is 1. The van der Waals surface area contributed by atoms with Crippen LogP contribution in [-0.2, 0) is 10.3 Å². The predicted octanol–water partition coefficient (Wildman–Crippen LogP) is 3.11. The number of esters is 1. The normalized spacial score (nSPS) is 21.0. The lowest BCUT2D eigenvalue weighted by Gasteiger charge is -2.40. The standard InChI is InChI=1S/C21H29N3O3.ClH/c1-22(15-16-23-11-5-2-6-12-23)20(26)24-13-9-21(10-14-24)18-8-4-3-7-17(18)19(25)27-21;/h3-4,7-8H,2,5-6,9-16H2,1H3;1H. The summed E-state index contributed by atoms with van der Waals surface area (Å²) in [6, 6.07) is 7.73. The highest BCUT2D eigenvalue weighted by molar-refractivity contribution is 5.94. The summed E-state index contributed by atoms with van der Waals surface area (Å²) in [5.41, 5.74) is 1.12. The molecule has 3 heterocycles. The van der Waals surface area contributed by atoms with Gasteiger partial charge in [-0.2, -0.15) is 0 Å². The smallest absolute Gasteiger partial charge is 0.339 e. The Kier molecular flexibility index (Phi) is 6.50. The third-order valence-corrected chi connectivity index (χ3v) is 6.29. The molecule has 6 nitrogen and oxygen atoms in total. The van der Waals surface area contributed by atoms with Gasteiger partial charge in [-0.25, -0.2) is 9.59 Å². The van der Waals surface area contributed by atoms with Crippen molar-refractivity contribution in [3.63, 3.8) is 0 Å². The minimum Gasteiger partial charge on any atom is -0.450 e. The number of ether oxygens (including phenoxy) is 1. The Hall–Kier alpha value is -1.79. The molecule has 3 aliphatic rings. The summed E-state index contributed by atoms with van der Waals surface area (Å²) in [7, 11) is 1.89. The summed E-state index contributed by atoms with van der Waals surface area (Å²) < 4.78 is 5.78. The van der Waals surface area contributed by atoms with E-state index in [1.54, 1.807) is 0 Å². The van der Waals surface area contributed by atoms with E-state index < -0.39 is 5.60 Å². The monoisotopic (exact) mass is 407 g/mol. The SMILES string of the molecule is CN(CCN1CCCCC1)C(=O)N1CCC2(CC1)OC(=O)c1ccccc12.Cl. The second-order valence-corrected chi connectivity index (χ2v) is 8.02. The second kappa shape index (κ2) is 8.70. The molecule has 0 saturated carbocycles. The Balaban J connectivity index is 0.00000225. The minimum atomic E-state index is -0.545. The Morgan fingerprint density at radius 2 is 1.79 bits per heavy atom. The van der Waals surface area contributed by atoms with Crippen molar-refractivity contribution in [2.24, 2.45) is 0 Å². The molecule has 1 aromatic rings. The second-order valence-electron chi connectivity index (χ2n) is 8.02. The van der Waals surface area contributed by atoms with Gasteiger partial charge >= 0.3 is 12.0 Å². The molecule has 2 saturated heterocycles. The minimum absolute atomic E-state index is 0. The Morgan fingerprint density at radius 1 is 1.11 bits per heavy atom. The van der Waals surface area contributed by atoms with Crippen LogP contribution in [-0.4, -0.2) is 73.0 Å². The fourth-order valence-electron chi connectivity index (χ4n) is 4.59. The van der Waals surface area contributed by atoms with E-state index in [1.165, 1.54) is 19.3 Å². The van der Waals surface area contributed by atoms with Crippen LogP contribution in [0, 0.1) is 0 Å². The van der Waals surface area contributed by atoms with Crippen molar-refractivity contribution in [2.75, 3.05) is 46.3 Å². The molecule has 7 heteroatoms. The van der Waals surface area contributed by atoms with E-state index in [-0.39, 0.29) is 24.4 Å². The summed E-state index contributed by atoms with van der Waals surface area (Å²) in [5.74, 6) is -0.232. The molecule has 154 valence electrons. The lowest BCUT2D eigenvalue weighted by Crippen LogP contribution is -2.50. The van der Waals surface area contributed by atoms with Crippen molar-refractivity contribution in [3.05, 3.63) is 35.4 Å². The number of nitrogens with zero attached hydrogens (tertiary/aromatic N) is 3. The van der Waals surface area contributed by atoms with Gasteiger partial charge < -0.3 is 19.4 Å². The van der Waals surface area contributed by atoms with Gasteiger partial charge in [0.25, 0.3) is 0 Å². The van der Waals surface area contributed by atoms with Crippen molar-refractivity contribution in [1.82, 2.24) is 14.7 Å². The average molecular weight is 408 g/mol. The molecule has 2 amide bonds. The molecule has 2 fully saturated rings. The number of benzene rings is 1. The molecule has 28 heavy (non-hydrogen) atoms. The fraction of sp³-hybridized carbons (Fsp3) is 0.619. The van der Waals surface area contributed by atoms with Crippen LogP contribution < -0.4 is 0 Å². The van der Waals surface area contributed by atoms with Crippen LogP contribution in [0.3, 0.4) is 0 Å². The van der Waals surface area contributed by atoms with Gasteiger partial charge in [0.2, 0.25) is 0 Å². The summed E-state index contributed by atoms with van der Waals surface area (Å²) in [4.78, 5) is 31.2. The number of carbonyl (C=O) groups is 2. The van der Waals surface area contributed by atoms with Crippen LogP contribution >= 0.6 is 12.4 Å².